The number of amides is 1. The Hall–Kier alpha value is -4.59. The van der Waals surface area contributed by atoms with Gasteiger partial charge in [0.05, 0.1) is 17.1 Å². The zero-order chi connectivity index (χ0) is 23.5. The van der Waals surface area contributed by atoms with Gasteiger partial charge in [0.25, 0.3) is 11.4 Å². The number of para-hydroxylation sites is 1. The lowest BCUT2D eigenvalue weighted by molar-refractivity contribution is -0.122. The SMILES string of the molecule is C[C@@H](NC(=O)Cn1c(=O)cc(-c2nc(-c3ccncc3)no2)c2ccccc21)c1ccccc1. The molecule has 8 nitrogen and oxygen atoms in total. The normalized spacial score (nSPS) is 11.9. The van der Waals surface area contributed by atoms with Crippen molar-refractivity contribution in [1.29, 1.82) is 0 Å². The van der Waals surface area contributed by atoms with Gasteiger partial charge in [0, 0.05) is 29.4 Å². The van der Waals surface area contributed by atoms with Gasteiger partial charge >= 0.3 is 0 Å². The highest BCUT2D eigenvalue weighted by Gasteiger charge is 2.18. The number of rotatable bonds is 6. The zero-order valence-electron chi connectivity index (χ0n) is 18.4. The van der Waals surface area contributed by atoms with Crippen LogP contribution in [0.1, 0.15) is 18.5 Å². The van der Waals surface area contributed by atoms with Gasteiger partial charge < -0.3 is 9.84 Å². The molecule has 0 saturated heterocycles. The number of hydrogen-bond donors (Lipinski definition) is 1. The smallest absolute Gasteiger partial charge is 0.259 e. The van der Waals surface area contributed by atoms with Crippen LogP contribution >= 0.6 is 0 Å². The number of fused-ring (bicyclic) bond motifs is 1. The predicted octanol–water partition coefficient (Wildman–Crippen LogP) is 3.99. The molecule has 0 aliphatic heterocycles. The molecule has 0 aliphatic carbocycles. The molecular weight excluding hydrogens is 430 g/mol. The first-order valence-electron chi connectivity index (χ1n) is 10.8. The molecule has 1 N–H and O–H groups in total. The van der Waals surface area contributed by atoms with Crippen LogP contribution in [0, 0.1) is 0 Å². The fourth-order valence-corrected chi connectivity index (χ4v) is 3.88. The fourth-order valence-electron chi connectivity index (χ4n) is 3.88. The van der Waals surface area contributed by atoms with Gasteiger partial charge in [-0.1, -0.05) is 53.7 Å². The van der Waals surface area contributed by atoms with E-state index in [4.69, 9.17) is 4.52 Å². The van der Waals surface area contributed by atoms with Crippen molar-refractivity contribution in [3.63, 3.8) is 0 Å². The van der Waals surface area contributed by atoms with E-state index in [9.17, 15) is 9.59 Å². The van der Waals surface area contributed by atoms with Crippen LogP contribution < -0.4 is 10.9 Å². The Balaban J connectivity index is 1.47. The van der Waals surface area contributed by atoms with E-state index in [-0.39, 0.29) is 29.9 Å². The van der Waals surface area contributed by atoms with Crippen LogP contribution in [0.25, 0.3) is 33.7 Å². The molecule has 0 radical (unpaired) electrons. The van der Waals surface area contributed by atoms with Crippen molar-refractivity contribution in [2.75, 3.05) is 0 Å². The van der Waals surface area contributed by atoms with Gasteiger partial charge in [-0.15, -0.1) is 0 Å². The van der Waals surface area contributed by atoms with E-state index in [0.29, 0.717) is 16.9 Å². The summed E-state index contributed by atoms with van der Waals surface area (Å²) < 4.78 is 6.93. The quantitative estimate of drug-likeness (QED) is 0.419. The number of benzene rings is 2. The van der Waals surface area contributed by atoms with Crippen LogP contribution in [-0.2, 0) is 11.3 Å². The van der Waals surface area contributed by atoms with E-state index < -0.39 is 0 Å². The van der Waals surface area contributed by atoms with Crippen LogP contribution in [0.3, 0.4) is 0 Å². The summed E-state index contributed by atoms with van der Waals surface area (Å²) in [5.74, 6) is 0.378. The Morgan fingerprint density at radius 3 is 2.56 bits per heavy atom. The van der Waals surface area contributed by atoms with Gasteiger partial charge in [0.1, 0.15) is 6.54 Å². The third-order valence-electron chi connectivity index (χ3n) is 5.59. The number of hydrogen-bond acceptors (Lipinski definition) is 6. The second-order valence-corrected chi connectivity index (χ2v) is 7.86. The second kappa shape index (κ2) is 9.11. The van der Waals surface area contributed by atoms with Gasteiger partial charge in [-0.3, -0.25) is 19.1 Å². The van der Waals surface area contributed by atoms with Gasteiger partial charge in [-0.05, 0) is 30.7 Å². The van der Waals surface area contributed by atoms with E-state index >= 15 is 0 Å². The molecule has 34 heavy (non-hydrogen) atoms. The summed E-state index contributed by atoms with van der Waals surface area (Å²) in [7, 11) is 0. The molecule has 168 valence electrons. The fraction of sp³-hybridized carbons (Fsp3) is 0.115. The first kappa shape index (κ1) is 21.3. The maximum absolute atomic E-state index is 13.1. The van der Waals surface area contributed by atoms with Crippen LogP contribution in [0.2, 0.25) is 0 Å². The number of carbonyl (C=O) groups is 1. The molecule has 0 unspecified atom stereocenters. The highest BCUT2D eigenvalue weighted by Crippen LogP contribution is 2.28. The lowest BCUT2D eigenvalue weighted by atomic mass is 10.1. The molecule has 8 heteroatoms. The van der Waals surface area contributed by atoms with E-state index in [1.165, 1.54) is 10.6 Å². The molecule has 5 aromatic rings. The molecule has 2 aromatic carbocycles. The zero-order valence-corrected chi connectivity index (χ0v) is 18.4. The Morgan fingerprint density at radius 1 is 1.03 bits per heavy atom. The lowest BCUT2D eigenvalue weighted by Crippen LogP contribution is -2.33. The third kappa shape index (κ3) is 4.21. The summed E-state index contributed by atoms with van der Waals surface area (Å²) in [5, 5.41) is 7.74. The minimum Gasteiger partial charge on any atom is -0.348 e. The lowest BCUT2D eigenvalue weighted by Gasteiger charge is -2.16. The molecule has 0 saturated carbocycles. The van der Waals surface area contributed by atoms with Crippen molar-refractivity contribution < 1.29 is 9.32 Å². The molecule has 0 fully saturated rings. The van der Waals surface area contributed by atoms with Crippen molar-refractivity contribution in [3.05, 3.63) is 101 Å². The Morgan fingerprint density at radius 2 is 1.76 bits per heavy atom. The molecule has 0 aliphatic rings. The Bertz CT molecular complexity index is 1510. The minimum atomic E-state index is -0.333. The average Bonchev–Trinajstić information content (AvgIpc) is 3.37. The summed E-state index contributed by atoms with van der Waals surface area (Å²) in [4.78, 5) is 34.3. The first-order valence-corrected chi connectivity index (χ1v) is 10.8. The molecular formula is C26H21N5O3. The Labute approximate surface area is 194 Å². The van der Waals surface area contributed by atoms with Crippen molar-refractivity contribution in [2.45, 2.75) is 19.5 Å². The molecule has 1 atom stereocenters. The van der Waals surface area contributed by atoms with E-state index in [0.717, 1.165) is 16.5 Å². The van der Waals surface area contributed by atoms with E-state index in [1.807, 2.05) is 55.5 Å². The van der Waals surface area contributed by atoms with Crippen LogP contribution in [-0.4, -0.2) is 25.6 Å². The van der Waals surface area contributed by atoms with Gasteiger partial charge in [-0.2, -0.15) is 4.98 Å². The average molecular weight is 451 g/mol. The molecule has 5 rings (SSSR count). The second-order valence-electron chi connectivity index (χ2n) is 7.86. The highest BCUT2D eigenvalue weighted by molar-refractivity contribution is 5.93. The summed E-state index contributed by atoms with van der Waals surface area (Å²) in [6.45, 7) is 1.80. The highest BCUT2D eigenvalue weighted by atomic mass is 16.5. The predicted molar refractivity (Wildman–Crippen MR) is 128 cm³/mol. The minimum absolute atomic E-state index is 0.108. The van der Waals surface area contributed by atoms with Crippen LogP contribution in [0.5, 0.6) is 0 Å². The first-order chi connectivity index (χ1) is 16.6. The molecule has 0 bridgehead atoms. The number of pyridine rings is 2. The summed E-state index contributed by atoms with van der Waals surface area (Å²) in [6, 6.07) is 21.8. The molecule has 1 amide bonds. The molecule has 0 spiro atoms. The maximum Gasteiger partial charge on any atom is 0.259 e. The van der Waals surface area contributed by atoms with Crippen LogP contribution in [0.15, 0.2) is 94.5 Å². The Kier molecular flexibility index (Phi) is 5.70. The maximum atomic E-state index is 13.1. The van der Waals surface area contributed by atoms with Gasteiger partial charge in [0.15, 0.2) is 0 Å². The van der Waals surface area contributed by atoms with Crippen molar-refractivity contribution in [2.24, 2.45) is 0 Å². The van der Waals surface area contributed by atoms with Gasteiger partial charge in [0.2, 0.25) is 11.7 Å². The van der Waals surface area contributed by atoms with Crippen molar-refractivity contribution in [1.82, 2.24) is 25.0 Å². The third-order valence-corrected chi connectivity index (χ3v) is 5.59. The van der Waals surface area contributed by atoms with Crippen molar-refractivity contribution >= 4 is 16.8 Å². The monoisotopic (exact) mass is 451 g/mol. The van der Waals surface area contributed by atoms with Crippen molar-refractivity contribution in [3.8, 4) is 22.8 Å². The topological polar surface area (TPSA) is 103 Å². The summed E-state index contributed by atoms with van der Waals surface area (Å²) >= 11 is 0. The standard InChI is InChI=1S/C26H21N5O3/c1-17(18-7-3-2-4-8-18)28-23(32)16-31-22-10-6-5-9-20(22)21(15-24(31)33)26-29-25(30-34-26)19-11-13-27-14-12-19/h2-15,17H,16H2,1H3,(H,28,32)/t17-/m1/s1. The largest absolute Gasteiger partial charge is 0.348 e. The number of nitrogens with zero attached hydrogens (tertiary/aromatic N) is 4. The molecule has 3 aromatic heterocycles. The summed E-state index contributed by atoms with van der Waals surface area (Å²) in [5.41, 5.74) is 2.54. The molecule has 3 heterocycles. The number of aromatic nitrogens is 4. The van der Waals surface area contributed by atoms with E-state index in [1.54, 1.807) is 30.6 Å². The number of nitrogens with one attached hydrogen (secondary N) is 1. The van der Waals surface area contributed by atoms with E-state index in [2.05, 4.69) is 20.4 Å². The number of carbonyl (C=O) groups excluding carboxylic acids is 1. The van der Waals surface area contributed by atoms with Gasteiger partial charge in [-0.25, -0.2) is 0 Å². The van der Waals surface area contributed by atoms with Crippen LogP contribution in [0.4, 0.5) is 0 Å². The summed E-state index contributed by atoms with van der Waals surface area (Å²) in [6.07, 6.45) is 3.29.